The zero-order valence-electron chi connectivity index (χ0n) is 14.1. The van der Waals surface area contributed by atoms with E-state index in [1.165, 1.54) is 6.07 Å². The highest BCUT2D eigenvalue weighted by Gasteiger charge is 2.14. The van der Waals surface area contributed by atoms with E-state index in [4.69, 9.17) is 5.26 Å². The highest BCUT2D eigenvalue weighted by Crippen LogP contribution is 2.19. The highest BCUT2D eigenvalue weighted by atomic mass is 19.1. The minimum absolute atomic E-state index is 0.00478. The number of hydrogen-bond acceptors (Lipinski definition) is 5. The molecule has 6 nitrogen and oxygen atoms in total. The average Bonchev–Trinajstić information content (AvgIpc) is 2.63. The molecule has 0 radical (unpaired) electrons. The van der Waals surface area contributed by atoms with Gasteiger partial charge in [0.05, 0.1) is 17.3 Å². The lowest BCUT2D eigenvalue weighted by molar-refractivity contribution is 0.102. The molecular weight excluding hydrogens is 352 g/mol. The second-order valence-electron chi connectivity index (χ2n) is 5.58. The van der Waals surface area contributed by atoms with Gasteiger partial charge < -0.3 is 10.6 Å². The summed E-state index contributed by atoms with van der Waals surface area (Å²) in [6.45, 7) is 1.60. The van der Waals surface area contributed by atoms with Gasteiger partial charge in [-0.25, -0.2) is 18.7 Å². The van der Waals surface area contributed by atoms with E-state index in [0.717, 1.165) is 12.1 Å². The van der Waals surface area contributed by atoms with Crippen molar-refractivity contribution >= 4 is 23.1 Å². The predicted molar refractivity (Wildman–Crippen MR) is 95.5 cm³/mol. The lowest BCUT2D eigenvalue weighted by Crippen LogP contribution is -2.16. The van der Waals surface area contributed by atoms with Gasteiger partial charge in [0.25, 0.3) is 5.91 Å². The topological polar surface area (TPSA) is 90.7 Å². The van der Waals surface area contributed by atoms with E-state index in [9.17, 15) is 13.6 Å². The van der Waals surface area contributed by atoms with Crippen molar-refractivity contribution in [1.29, 1.82) is 5.26 Å². The first kappa shape index (κ1) is 17.9. The quantitative estimate of drug-likeness (QED) is 0.731. The number of nitrogens with zero attached hydrogens (tertiary/aromatic N) is 3. The van der Waals surface area contributed by atoms with Crippen LogP contribution in [0, 0.1) is 29.9 Å². The van der Waals surface area contributed by atoms with Gasteiger partial charge >= 0.3 is 0 Å². The molecule has 0 aliphatic carbocycles. The maximum atomic E-state index is 13.7. The SMILES string of the molecule is Cc1nc(Nc2cccc(C#N)c2)cc(C(=O)Nc2ccc(F)cc2F)n1. The van der Waals surface area contributed by atoms with Crippen molar-refractivity contribution in [3.8, 4) is 6.07 Å². The van der Waals surface area contributed by atoms with Crippen LogP contribution in [-0.2, 0) is 0 Å². The Morgan fingerprint density at radius 1 is 1.11 bits per heavy atom. The number of rotatable bonds is 4. The van der Waals surface area contributed by atoms with Crippen molar-refractivity contribution < 1.29 is 13.6 Å². The second kappa shape index (κ2) is 7.58. The minimum Gasteiger partial charge on any atom is -0.340 e. The van der Waals surface area contributed by atoms with Crippen LogP contribution < -0.4 is 10.6 Å². The summed E-state index contributed by atoms with van der Waals surface area (Å²) in [5, 5.41) is 14.3. The van der Waals surface area contributed by atoms with Gasteiger partial charge in [-0.2, -0.15) is 5.26 Å². The third-order valence-electron chi connectivity index (χ3n) is 3.51. The van der Waals surface area contributed by atoms with Crippen LogP contribution in [0.1, 0.15) is 21.9 Å². The fourth-order valence-corrected chi connectivity index (χ4v) is 2.34. The Bertz CT molecular complexity index is 1060. The molecule has 2 aromatic carbocycles. The first-order chi connectivity index (χ1) is 12.9. The van der Waals surface area contributed by atoms with Gasteiger partial charge in [0.2, 0.25) is 0 Å². The molecule has 0 atom stereocenters. The Hall–Kier alpha value is -3.86. The van der Waals surface area contributed by atoms with E-state index in [1.54, 1.807) is 31.2 Å². The van der Waals surface area contributed by atoms with Crippen LogP contribution in [0.5, 0.6) is 0 Å². The molecule has 0 spiro atoms. The molecule has 0 unspecified atom stereocenters. The first-order valence-electron chi connectivity index (χ1n) is 7.84. The zero-order chi connectivity index (χ0) is 19.4. The van der Waals surface area contributed by atoms with E-state index in [1.807, 2.05) is 6.07 Å². The second-order valence-corrected chi connectivity index (χ2v) is 5.58. The molecule has 3 rings (SSSR count). The van der Waals surface area contributed by atoms with Crippen LogP contribution in [0.15, 0.2) is 48.5 Å². The van der Waals surface area contributed by atoms with Crippen LogP contribution in [0.25, 0.3) is 0 Å². The largest absolute Gasteiger partial charge is 0.340 e. The maximum Gasteiger partial charge on any atom is 0.274 e. The number of aromatic nitrogens is 2. The van der Waals surface area contributed by atoms with E-state index < -0.39 is 17.5 Å². The summed E-state index contributed by atoms with van der Waals surface area (Å²) in [5.41, 5.74) is 0.928. The molecule has 0 aliphatic heterocycles. The summed E-state index contributed by atoms with van der Waals surface area (Å²) >= 11 is 0. The molecule has 27 heavy (non-hydrogen) atoms. The molecule has 3 aromatic rings. The molecule has 1 amide bonds. The van der Waals surface area contributed by atoms with E-state index >= 15 is 0 Å². The Balaban J connectivity index is 1.84. The van der Waals surface area contributed by atoms with Crippen LogP contribution in [0.4, 0.5) is 26.0 Å². The van der Waals surface area contributed by atoms with Crippen molar-refractivity contribution in [2.75, 3.05) is 10.6 Å². The predicted octanol–water partition coefficient (Wildman–Crippen LogP) is 3.93. The number of benzene rings is 2. The molecular formula is C19H13F2N5O. The molecule has 0 saturated carbocycles. The normalized spacial score (nSPS) is 10.1. The van der Waals surface area contributed by atoms with Gasteiger partial charge in [0.15, 0.2) is 0 Å². The van der Waals surface area contributed by atoms with Crippen molar-refractivity contribution in [3.63, 3.8) is 0 Å². The van der Waals surface area contributed by atoms with Crippen molar-refractivity contribution in [2.24, 2.45) is 0 Å². The number of halogens is 2. The van der Waals surface area contributed by atoms with E-state index in [2.05, 4.69) is 20.6 Å². The third kappa shape index (κ3) is 4.41. The lowest BCUT2D eigenvalue weighted by atomic mass is 10.2. The molecule has 0 saturated heterocycles. The zero-order valence-corrected chi connectivity index (χ0v) is 14.1. The summed E-state index contributed by atoms with van der Waals surface area (Å²) in [6, 6.07) is 13.0. The van der Waals surface area contributed by atoms with Crippen LogP contribution in [0.3, 0.4) is 0 Å². The van der Waals surface area contributed by atoms with Crippen molar-refractivity contribution in [3.05, 3.63) is 77.2 Å². The average molecular weight is 365 g/mol. The number of carbonyl (C=O) groups excluding carboxylic acids is 1. The van der Waals surface area contributed by atoms with Gasteiger partial charge in [-0.15, -0.1) is 0 Å². The molecule has 1 heterocycles. The number of nitriles is 1. The number of carbonyl (C=O) groups is 1. The monoisotopic (exact) mass is 365 g/mol. The fraction of sp³-hybridized carbons (Fsp3) is 0.0526. The Morgan fingerprint density at radius 2 is 1.93 bits per heavy atom. The molecule has 1 aromatic heterocycles. The molecule has 134 valence electrons. The van der Waals surface area contributed by atoms with Crippen molar-refractivity contribution in [2.45, 2.75) is 6.92 Å². The van der Waals surface area contributed by atoms with Crippen LogP contribution in [-0.4, -0.2) is 15.9 Å². The number of amides is 1. The minimum atomic E-state index is -0.888. The fourth-order valence-electron chi connectivity index (χ4n) is 2.34. The molecule has 0 aliphatic rings. The Kier molecular flexibility index (Phi) is 5.04. The molecule has 2 N–H and O–H groups in total. The van der Waals surface area contributed by atoms with Crippen molar-refractivity contribution in [1.82, 2.24) is 9.97 Å². The lowest BCUT2D eigenvalue weighted by Gasteiger charge is -2.10. The number of aryl methyl sites for hydroxylation is 1. The number of hydrogen-bond donors (Lipinski definition) is 2. The summed E-state index contributed by atoms with van der Waals surface area (Å²) in [7, 11) is 0. The molecule has 0 fully saturated rings. The number of nitrogens with one attached hydrogen (secondary N) is 2. The Labute approximate surface area is 153 Å². The summed E-state index contributed by atoms with van der Waals surface area (Å²) in [4.78, 5) is 20.6. The summed E-state index contributed by atoms with van der Waals surface area (Å²) < 4.78 is 26.7. The van der Waals surface area contributed by atoms with E-state index in [0.29, 0.717) is 29.0 Å². The van der Waals surface area contributed by atoms with Crippen LogP contribution in [0.2, 0.25) is 0 Å². The number of anilines is 3. The Morgan fingerprint density at radius 3 is 2.67 bits per heavy atom. The molecule has 0 bridgehead atoms. The molecule has 8 heteroatoms. The van der Waals surface area contributed by atoms with E-state index in [-0.39, 0.29) is 11.4 Å². The maximum absolute atomic E-state index is 13.7. The highest BCUT2D eigenvalue weighted by molar-refractivity contribution is 6.03. The standard InChI is InChI=1S/C19H13F2N5O/c1-11-23-17(19(27)26-16-6-5-13(20)8-15(16)21)9-18(24-11)25-14-4-2-3-12(7-14)10-22/h2-9H,1H3,(H,26,27)(H,23,24,25). The van der Waals surface area contributed by atoms with Crippen LogP contribution >= 0.6 is 0 Å². The summed E-state index contributed by atoms with van der Waals surface area (Å²) in [6.07, 6.45) is 0. The van der Waals surface area contributed by atoms with Gasteiger partial charge in [-0.3, -0.25) is 4.79 Å². The van der Waals surface area contributed by atoms with Gasteiger partial charge in [0, 0.05) is 17.8 Å². The summed E-state index contributed by atoms with van der Waals surface area (Å²) in [5.74, 6) is -1.64. The smallest absolute Gasteiger partial charge is 0.274 e. The first-order valence-corrected chi connectivity index (χ1v) is 7.84. The van der Waals surface area contributed by atoms with Gasteiger partial charge in [-0.05, 0) is 37.3 Å². The third-order valence-corrected chi connectivity index (χ3v) is 3.51. The van der Waals surface area contributed by atoms with Gasteiger partial charge in [0.1, 0.15) is 29.0 Å². The van der Waals surface area contributed by atoms with Gasteiger partial charge in [-0.1, -0.05) is 6.07 Å².